The summed E-state index contributed by atoms with van der Waals surface area (Å²) in [5, 5.41) is 16.8. The molecule has 18 heavy (non-hydrogen) atoms. The molecule has 0 aromatic rings. The number of ether oxygens (including phenoxy) is 2. The maximum atomic E-state index is 10.6. The van der Waals surface area contributed by atoms with Crippen LogP contribution in [0.2, 0.25) is 0 Å². The van der Waals surface area contributed by atoms with E-state index in [0.29, 0.717) is 5.57 Å². The third kappa shape index (κ3) is 14.3. The highest BCUT2D eigenvalue weighted by molar-refractivity contribution is 5.86. The fraction of sp³-hybridized carbons (Fsp3) is 0.500. The Bertz CT molecular complexity index is 282. The first kappa shape index (κ1) is 18.7. The fourth-order valence-corrected chi connectivity index (χ4v) is 0.525. The summed E-state index contributed by atoms with van der Waals surface area (Å²) < 4.78 is 8.91. The highest BCUT2D eigenvalue weighted by atomic mass is 16.5. The molecule has 0 aliphatic heterocycles. The van der Waals surface area contributed by atoms with Crippen LogP contribution in [-0.4, -0.2) is 48.1 Å². The summed E-state index contributed by atoms with van der Waals surface area (Å²) in [6.45, 7) is 9.58. The molecular formula is C12H20O6. The molecule has 0 heterocycles. The Morgan fingerprint density at radius 3 is 2.28 bits per heavy atom. The number of carbonyl (C=O) groups excluding carboxylic acids is 2. The van der Waals surface area contributed by atoms with Gasteiger partial charge in [-0.25, -0.2) is 9.59 Å². The summed E-state index contributed by atoms with van der Waals surface area (Å²) in [5.41, 5.74) is 0.348. The van der Waals surface area contributed by atoms with Gasteiger partial charge in [0.15, 0.2) is 0 Å². The van der Waals surface area contributed by atoms with E-state index in [2.05, 4.69) is 22.6 Å². The number of hydrogen-bond acceptors (Lipinski definition) is 6. The van der Waals surface area contributed by atoms with Crippen LogP contribution in [0.1, 0.15) is 13.8 Å². The molecule has 6 heteroatoms. The van der Waals surface area contributed by atoms with E-state index in [0.717, 1.165) is 6.08 Å². The van der Waals surface area contributed by atoms with E-state index >= 15 is 0 Å². The molecule has 0 radical (unpaired) electrons. The number of hydrogen-bond donors (Lipinski definition) is 2. The molecule has 0 rings (SSSR count). The summed E-state index contributed by atoms with van der Waals surface area (Å²) in [4.78, 5) is 20.7. The highest BCUT2D eigenvalue weighted by Crippen LogP contribution is 1.92. The number of carbonyl (C=O) groups is 2. The summed E-state index contributed by atoms with van der Waals surface area (Å²) in [5.74, 6) is -0.958. The highest BCUT2D eigenvalue weighted by Gasteiger charge is 2.03. The van der Waals surface area contributed by atoms with Crippen molar-refractivity contribution in [2.24, 2.45) is 0 Å². The maximum absolute atomic E-state index is 10.6. The molecule has 0 saturated heterocycles. The van der Waals surface area contributed by atoms with Gasteiger partial charge in [0, 0.05) is 11.6 Å². The van der Waals surface area contributed by atoms with Gasteiger partial charge in [-0.1, -0.05) is 13.2 Å². The fourth-order valence-electron chi connectivity index (χ4n) is 0.525. The summed E-state index contributed by atoms with van der Waals surface area (Å²) >= 11 is 0. The van der Waals surface area contributed by atoms with Crippen LogP contribution >= 0.6 is 0 Å². The van der Waals surface area contributed by atoms with Crippen molar-refractivity contribution in [3.63, 3.8) is 0 Å². The van der Waals surface area contributed by atoms with Gasteiger partial charge in [-0.15, -0.1) is 0 Å². The van der Waals surface area contributed by atoms with Crippen molar-refractivity contribution >= 4 is 11.9 Å². The van der Waals surface area contributed by atoms with Gasteiger partial charge in [0.1, 0.15) is 13.2 Å². The molecule has 0 fully saturated rings. The Hall–Kier alpha value is -1.66. The molecule has 0 aliphatic carbocycles. The zero-order valence-corrected chi connectivity index (χ0v) is 10.7. The molecule has 0 aliphatic rings. The van der Waals surface area contributed by atoms with Crippen LogP contribution in [0.3, 0.4) is 0 Å². The molecule has 0 aromatic heterocycles. The summed E-state index contributed by atoms with van der Waals surface area (Å²) in [6.07, 6.45) is 0.443. The smallest absolute Gasteiger partial charge is 0.333 e. The number of aliphatic hydroxyl groups is 2. The van der Waals surface area contributed by atoms with Gasteiger partial charge in [-0.05, 0) is 13.8 Å². The zero-order valence-electron chi connectivity index (χ0n) is 10.7. The molecule has 1 atom stereocenters. The number of esters is 2. The largest absolute Gasteiger partial charge is 0.460 e. The van der Waals surface area contributed by atoms with E-state index in [1.165, 1.54) is 0 Å². The maximum Gasteiger partial charge on any atom is 0.333 e. The number of aliphatic hydroxyl groups excluding tert-OH is 2. The Morgan fingerprint density at radius 2 is 1.94 bits per heavy atom. The lowest BCUT2D eigenvalue weighted by molar-refractivity contribution is -0.141. The van der Waals surface area contributed by atoms with Crippen molar-refractivity contribution in [1.29, 1.82) is 0 Å². The van der Waals surface area contributed by atoms with Crippen molar-refractivity contribution in [2.45, 2.75) is 20.0 Å². The van der Waals surface area contributed by atoms with Crippen molar-refractivity contribution in [2.75, 3.05) is 19.8 Å². The molecule has 0 bridgehead atoms. The molecule has 6 nitrogen and oxygen atoms in total. The quantitative estimate of drug-likeness (QED) is 0.523. The van der Waals surface area contributed by atoms with Gasteiger partial charge >= 0.3 is 11.9 Å². The lowest BCUT2D eigenvalue weighted by Crippen LogP contribution is -2.15. The van der Waals surface area contributed by atoms with Crippen LogP contribution < -0.4 is 0 Å². The minimum Gasteiger partial charge on any atom is -0.460 e. The van der Waals surface area contributed by atoms with Gasteiger partial charge in [-0.2, -0.15) is 0 Å². The van der Waals surface area contributed by atoms with Crippen LogP contribution in [-0.2, 0) is 19.1 Å². The van der Waals surface area contributed by atoms with Crippen LogP contribution in [0.15, 0.2) is 24.8 Å². The molecule has 1 unspecified atom stereocenters. The predicted octanol–water partition coefficient (Wildman–Crippen LogP) is 0.194. The van der Waals surface area contributed by atoms with Crippen LogP contribution in [0, 0.1) is 0 Å². The first-order valence-corrected chi connectivity index (χ1v) is 5.25. The average molecular weight is 260 g/mol. The van der Waals surface area contributed by atoms with Gasteiger partial charge < -0.3 is 19.7 Å². The molecular weight excluding hydrogens is 240 g/mol. The molecule has 2 N–H and O–H groups in total. The second-order valence-corrected chi connectivity index (χ2v) is 3.32. The van der Waals surface area contributed by atoms with Crippen molar-refractivity contribution in [1.82, 2.24) is 0 Å². The van der Waals surface area contributed by atoms with E-state index in [-0.39, 0.29) is 19.8 Å². The predicted molar refractivity (Wildman–Crippen MR) is 65.7 cm³/mol. The van der Waals surface area contributed by atoms with E-state index in [9.17, 15) is 9.59 Å². The summed E-state index contributed by atoms with van der Waals surface area (Å²) in [6, 6.07) is 0. The standard InChI is InChI=1S/C7H12O3.C5H8O3/c1-5(2)7(9)10-4-6(3)8;1-2-5(7)8-4-3-6/h6,8H,1,4H2,2-3H3;2,6H,1,3-4H2. The summed E-state index contributed by atoms with van der Waals surface area (Å²) in [7, 11) is 0. The van der Waals surface area contributed by atoms with Crippen molar-refractivity contribution < 1.29 is 29.3 Å². The molecule has 0 amide bonds. The van der Waals surface area contributed by atoms with Gasteiger partial charge in [0.05, 0.1) is 12.7 Å². The van der Waals surface area contributed by atoms with E-state index in [4.69, 9.17) is 10.2 Å². The first-order chi connectivity index (χ1) is 8.34. The van der Waals surface area contributed by atoms with Crippen molar-refractivity contribution in [3.8, 4) is 0 Å². The topological polar surface area (TPSA) is 93.1 Å². The third-order valence-electron chi connectivity index (χ3n) is 1.31. The minimum absolute atomic E-state index is 0.0334. The Balaban J connectivity index is 0. The lowest BCUT2D eigenvalue weighted by Gasteiger charge is -2.04. The first-order valence-electron chi connectivity index (χ1n) is 5.25. The van der Waals surface area contributed by atoms with Gasteiger partial charge in [0.2, 0.25) is 0 Å². The van der Waals surface area contributed by atoms with E-state index < -0.39 is 18.0 Å². The SMILES string of the molecule is C=C(C)C(=O)OCC(C)O.C=CC(=O)OCCO. The lowest BCUT2D eigenvalue weighted by atomic mass is 10.3. The van der Waals surface area contributed by atoms with Crippen LogP contribution in [0.25, 0.3) is 0 Å². The Kier molecular flexibility index (Phi) is 12.3. The van der Waals surface area contributed by atoms with Crippen LogP contribution in [0.5, 0.6) is 0 Å². The minimum atomic E-state index is -0.608. The molecule has 0 aromatic carbocycles. The normalized spacial score (nSPS) is 10.4. The zero-order chi connectivity index (χ0) is 14.6. The van der Waals surface area contributed by atoms with Gasteiger partial charge in [0.25, 0.3) is 0 Å². The monoisotopic (exact) mass is 260 g/mol. The molecule has 0 saturated carbocycles. The second kappa shape index (κ2) is 11.8. The Labute approximate surface area is 107 Å². The Morgan fingerprint density at radius 1 is 1.39 bits per heavy atom. The molecule has 104 valence electrons. The third-order valence-corrected chi connectivity index (χ3v) is 1.31. The number of rotatable bonds is 6. The van der Waals surface area contributed by atoms with Crippen LogP contribution in [0.4, 0.5) is 0 Å². The van der Waals surface area contributed by atoms with E-state index in [1.54, 1.807) is 13.8 Å². The van der Waals surface area contributed by atoms with E-state index in [1.807, 2.05) is 0 Å². The second-order valence-electron chi connectivity index (χ2n) is 3.32. The molecule has 0 spiro atoms. The van der Waals surface area contributed by atoms with Gasteiger partial charge in [-0.3, -0.25) is 0 Å². The average Bonchev–Trinajstić information content (AvgIpc) is 2.33. The van der Waals surface area contributed by atoms with Crippen molar-refractivity contribution in [3.05, 3.63) is 24.8 Å².